The van der Waals surface area contributed by atoms with Crippen molar-refractivity contribution in [2.24, 2.45) is 0 Å². The quantitative estimate of drug-likeness (QED) is 0.725. The average molecular weight is 311 g/mol. The van der Waals surface area contributed by atoms with Crippen molar-refractivity contribution < 1.29 is 9.47 Å². The molecule has 0 aliphatic carbocycles. The van der Waals surface area contributed by atoms with Gasteiger partial charge in [-0.1, -0.05) is 35.9 Å². The standard InChI is InChI=1S/C16H16Cl2O2/c1-11-5-3-4-6-13(11)10-20-16-14(18)7-12(9-17)8-15(16)19-2/h3-8H,9-10H2,1-2H3. The second-order valence-electron chi connectivity index (χ2n) is 4.46. The Hall–Kier alpha value is -1.38. The fourth-order valence-corrected chi connectivity index (χ4v) is 2.35. The zero-order chi connectivity index (χ0) is 14.5. The van der Waals surface area contributed by atoms with Crippen molar-refractivity contribution in [3.05, 3.63) is 58.1 Å². The predicted molar refractivity (Wildman–Crippen MR) is 83.1 cm³/mol. The fourth-order valence-electron chi connectivity index (χ4n) is 1.91. The SMILES string of the molecule is COc1cc(CCl)cc(Cl)c1OCc1ccccc1C. The lowest BCUT2D eigenvalue weighted by molar-refractivity contribution is 0.284. The maximum atomic E-state index is 6.23. The number of aryl methyl sites for hydroxylation is 1. The van der Waals surface area contributed by atoms with Crippen molar-refractivity contribution in [3.63, 3.8) is 0 Å². The van der Waals surface area contributed by atoms with Crippen LogP contribution in [-0.4, -0.2) is 7.11 Å². The van der Waals surface area contributed by atoms with E-state index < -0.39 is 0 Å². The molecule has 4 heteroatoms. The Morgan fingerprint density at radius 1 is 1.15 bits per heavy atom. The molecule has 0 saturated heterocycles. The lowest BCUT2D eigenvalue weighted by Crippen LogP contribution is -2.00. The Morgan fingerprint density at radius 2 is 1.90 bits per heavy atom. The highest BCUT2D eigenvalue weighted by molar-refractivity contribution is 6.32. The molecule has 0 aromatic heterocycles. The Labute approximate surface area is 129 Å². The second kappa shape index (κ2) is 6.87. The molecule has 2 nitrogen and oxygen atoms in total. The molecule has 0 aliphatic rings. The van der Waals surface area contributed by atoms with Gasteiger partial charge in [-0.2, -0.15) is 0 Å². The van der Waals surface area contributed by atoms with E-state index in [1.54, 1.807) is 13.2 Å². The van der Waals surface area contributed by atoms with Crippen molar-refractivity contribution in [3.8, 4) is 11.5 Å². The van der Waals surface area contributed by atoms with Crippen LogP contribution in [0.5, 0.6) is 11.5 Å². The molecule has 2 aromatic carbocycles. The average Bonchev–Trinajstić information content (AvgIpc) is 2.46. The molecular formula is C16H16Cl2O2. The van der Waals surface area contributed by atoms with Gasteiger partial charge in [-0.15, -0.1) is 11.6 Å². The summed E-state index contributed by atoms with van der Waals surface area (Å²) in [5.41, 5.74) is 3.20. The Balaban J connectivity index is 2.23. The van der Waals surface area contributed by atoms with Gasteiger partial charge in [-0.05, 0) is 35.7 Å². The fraction of sp³-hybridized carbons (Fsp3) is 0.250. The molecule has 2 aromatic rings. The van der Waals surface area contributed by atoms with Crippen LogP contribution in [0.25, 0.3) is 0 Å². The third-order valence-electron chi connectivity index (χ3n) is 3.08. The summed E-state index contributed by atoms with van der Waals surface area (Å²) in [5, 5.41) is 0.508. The van der Waals surface area contributed by atoms with Crippen LogP contribution in [0.4, 0.5) is 0 Å². The highest BCUT2D eigenvalue weighted by Crippen LogP contribution is 2.37. The largest absolute Gasteiger partial charge is 0.493 e. The highest BCUT2D eigenvalue weighted by Gasteiger charge is 2.12. The first-order chi connectivity index (χ1) is 9.65. The van der Waals surface area contributed by atoms with Gasteiger partial charge in [0, 0.05) is 5.88 Å². The lowest BCUT2D eigenvalue weighted by atomic mass is 10.1. The van der Waals surface area contributed by atoms with Crippen LogP contribution in [0.1, 0.15) is 16.7 Å². The van der Waals surface area contributed by atoms with Gasteiger partial charge in [-0.25, -0.2) is 0 Å². The molecular weight excluding hydrogens is 295 g/mol. The molecule has 0 atom stereocenters. The molecule has 20 heavy (non-hydrogen) atoms. The minimum Gasteiger partial charge on any atom is -0.493 e. The molecule has 0 amide bonds. The number of ether oxygens (including phenoxy) is 2. The second-order valence-corrected chi connectivity index (χ2v) is 5.13. The van der Waals surface area contributed by atoms with Crippen molar-refractivity contribution in [1.82, 2.24) is 0 Å². The summed E-state index contributed by atoms with van der Waals surface area (Å²) < 4.78 is 11.1. The molecule has 0 spiro atoms. The topological polar surface area (TPSA) is 18.5 Å². The number of alkyl halides is 1. The smallest absolute Gasteiger partial charge is 0.180 e. The summed E-state index contributed by atoms with van der Waals surface area (Å²) in [6.45, 7) is 2.50. The van der Waals surface area contributed by atoms with E-state index >= 15 is 0 Å². The van der Waals surface area contributed by atoms with Gasteiger partial charge >= 0.3 is 0 Å². The van der Waals surface area contributed by atoms with Crippen molar-refractivity contribution in [1.29, 1.82) is 0 Å². The van der Waals surface area contributed by atoms with Gasteiger partial charge in [0.25, 0.3) is 0 Å². The van der Waals surface area contributed by atoms with Crippen molar-refractivity contribution >= 4 is 23.2 Å². The number of rotatable bonds is 5. The van der Waals surface area contributed by atoms with Gasteiger partial charge < -0.3 is 9.47 Å². The zero-order valence-electron chi connectivity index (χ0n) is 11.5. The van der Waals surface area contributed by atoms with Crippen molar-refractivity contribution in [2.45, 2.75) is 19.4 Å². The van der Waals surface area contributed by atoms with E-state index in [0.717, 1.165) is 11.1 Å². The molecule has 0 bridgehead atoms. The Morgan fingerprint density at radius 3 is 2.55 bits per heavy atom. The summed E-state index contributed by atoms with van der Waals surface area (Å²) in [5.74, 6) is 1.53. The van der Waals surface area contributed by atoms with Gasteiger partial charge in [0.1, 0.15) is 6.61 Å². The van der Waals surface area contributed by atoms with Crippen LogP contribution in [0.3, 0.4) is 0 Å². The van der Waals surface area contributed by atoms with Gasteiger partial charge in [0.15, 0.2) is 11.5 Å². The maximum absolute atomic E-state index is 6.23. The monoisotopic (exact) mass is 310 g/mol. The molecule has 0 N–H and O–H groups in total. The summed E-state index contributed by atoms with van der Waals surface area (Å²) >= 11 is 12.1. The number of methoxy groups -OCH3 is 1. The van der Waals surface area contributed by atoms with Crippen molar-refractivity contribution in [2.75, 3.05) is 7.11 Å². The van der Waals surface area contributed by atoms with Crippen LogP contribution in [0.2, 0.25) is 5.02 Å². The van der Waals surface area contributed by atoms with Gasteiger partial charge in [0.05, 0.1) is 12.1 Å². The molecule has 0 fully saturated rings. The van der Waals surface area contributed by atoms with Crippen LogP contribution in [-0.2, 0) is 12.5 Å². The van der Waals surface area contributed by atoms with E-state index in [9.17, 15) is 0 Å². The Kier molecular flexibility index (Phi) is 5.16. The first kappa shape index (κ1) is 15.0. The van der Waals surface area contributed by atoms with Crippen LogP contribution >= 0.6 is 23.2 Å². The van der Waals surface area contributed by atoms with Gasteiger partial charge in [-0.3, -0.25) is 0 Å². The van der Waals surface area contributed by atoms with E-state index in [-0.39, 0.29) is 0 Å². The molecule has 0 radical (unpaired) electrons. The minimum absolute atomic E-state index is 0.383. The summed E-state index contributed by atoms with van der Waals surface area (Å²) in [7, 11) is 1.59. The van der Waals surface area contributed by atoms with Crippen LogP contribution in [0, 0.1) is 6.92 Å². The van der Waals surface area contributed by atoms with E-state index in [4.69, 9.17) is 32.7 Å². The lowest BCUT2D eigenvalue weighted by Gasteiger charge is -2.14. The van der Waals surface area contributed by atoms with Crippen LogP contribution < -0.4 is 9.47 Å². The zero-order valence-corrected chi connectivity index (χ0v) is 13.0. The molecule has 0 heterocycles. The summed E-state index contributed by atoms with van der Waals surface area (Å²) in [6, 6.07) is 11.7. The van der Waals surface area contributed by atoms with Crippen LogP contribution in [0.15, 0.2) is 36.4 Å². The summed E-state index contributed by atoms with van der Waals surface area (Å²) in [4.78, 5) is 0. The van der Waals surface area contributed by atoms with E-state index in [0.29, 0.717) is 29.0 Å². The van der Waals surface area contributed by atoms with E-state index in [2.05, 4.69) is 0 Å². The third kappa shape index (κ3) is 3.38. The summed E-state index contributed by atoms with van der Waals surface area (Å²) in [6.07, 6.45) is 0. The number of hydrogen-bond donors (Lipinski definition) is 0. The minimum atomic E-state index is 0.383. The first-order valence-electron chi connectivity index (χ1n) is 6.25. The highest BCUT2D eigenvalue weighted by atomic mass is 35.5. The Bertz CT molecular complexity index is 597. The predicted octanol–water partition coefficient (Wildman–Crippen LogP) is 4.97. The van der Waals surface area contributed by atoms with E-state index in [1.807, 2.05) is 37.3 Å². The molecule has 0 aliphatic heterocycles. The molecule has 0 saturated carbocycles. The third-order valence-corrected chi connectivity index (χ3v) is 3.67. The molecule has 2 rings (SSSR count). The number of benzene rings is 2. The van der Waals surface area contributed by atoms with Gasteiger partial charge in [0.2, 0.25) is 0 Å². The normalized spacial score (nSPS) is 10.4. The first-order valence-corrected chi connectivity index (χ1v) is 7.16. The molecule has 106 valence electrons. The molecule has 0 unspecified atom stereocenters. The van der Waals surface area contributed by atoms with E-state index in [1.165, 1.54) is 5.56 Å². The number of halogens is 2. The maximum Gasteiger partial charge on any atom is 0.180 e. The number of hydrogen-bond acceptors (Lipinski definition) is 2.